The molecule has 2 unspecified atom stereocenters. The predicted molar refractivity (Wildman–Crippen MR) is 95.1 cm³/mol. The van der Waals surface area contributed by atoms with Gasteiger partial charge in [-0.3, -0.25) is 0 Å². The first-order chi connectivity index (χ1) is 10.7. The second kappa shape index (κ2) is 7.18. The molecule has 0 saturated heterocycles. The molecule has 0 heterocycles. The van der Waals surface area contributed by atoms with Gasteiger partial charge in [0.25, 0.3) is 0 Å². The predicted octanol–water partition coefficient (Wildman–Crippen LogP) is 4.26. The van der Waals surface area contributed by atoms with Crippen molar-refractivity contribution >= 4 is 15.0 Å². The van der Waals surface area contributed by atoms with Gasteiger partial charge in [-0.2, -0.15) is 0 Å². The third-order valence-electron chi connectivity index (χ3n) is 4.54. The quantitative estimate of drug-likeness (QED) is 0.610. The highest BCUT2D eigenvalue weighted by Crippen LogP contribution is 2.37. The van der Waals surface area contributed by atoms with Crippen LogP contribution in [0.5, 0.6) is 0 Å². The molecule has 2 atom stereocenters. The standard InChI is InChI=1S/C19H29O3Si/c1-19(2,3)17(22-23(5)6)15-9-7-14-12-16(18(20)21-4)10-8-13(14)11-15/h8,10,12,15,17H,7,9,11H2,1-6H3. The highest BCUT2D eigenvalue weighted by molar-refractivity contribution is 6.48. The molecule has 2 rings (SSSR count). The Morgan fingerprint density at radius 3 is 2.52 bits per heavy atom. The van der Waals surface area contributed by atoms with Crippen LogP contribution in [0, 0.1) is 11.3 Å². The van der Waals surface area contributed by atoms with Gasteiger partial charge in [-0.1, -0.05) is 26.8 Å². The Morgan fingerprint density at radius 2 is 1.96 bits per heavy atom. The lowest BCUT2D eigenvalue weighted by Crippen LogP contribution is -2.41. The molecule has 1 aliphatic rings. The lowest BCUT2D eigenvalue weighted by atomic mass is 9.73. The molecule has 1 radical (unpaired) electrons. The summed E-state index contributed by atoms with van der Waals surface area (Å²) in [6.07, 6.45) is 3.46. The maximum Gasteiger partial charge on any atom is 0.337 e. The summed E-state index contributed by atoms with van der Waals surface area (Å²) in [5.41, 5.74) is 3.44. The highest BCUT2D eigenvalue weighted by Gasteiger charge is 2.35. The van der Waals surface area contributed by atoms with Crippen molar-refractivity contribution in [1.29, 1.82) is 0 Å². The molecule has 127 valence electrons. The van der Waals surface area contributed by atoms with Gasteiger partial charge < -0.3 is 9.16 Å². The number of carbonyl (C=O) groups excluding carboxylic acids is 1. The second-order valence-corrected chi connectivity index (χ2v) is 9.84. The van der Waals surface area contributed by atoms with Gasteiger partial charge in [0.05, 0.1) is 18.8 Å². The van der Waals surface area contributed by atoms with Gasteiger partial charge in [-0.05, 0) is 66.9 Å². The normalized spacial score (nSPS) is 19.3. The molecule has 0 aromatic heterocycles. The molecular formula is C19H29O3Si. The summed E-state index contributed by atoms with van der Waals surface area (Å²) in [6.45, 7) is 11.3. The summed E-state index contributed by atoms with van der Waals surface area (Å²) in [5.74, 6) is 0.293. The zero-order valence-electron chi connectivity index (χ0n) is 15.2. The summed E-state index contributed by atoms with van der Waals surface area (Å²) in [5, 5.41) is 0. The molecule has 0 amide bonds. The molecule has 23 heavy (non-hydrogen) atoms. The number of rotatable bonds is 4. The van der Waals surface area contributed by atoms with E-state index in [9.17, 15) is 4.79 Å². The first-order valence-corrected chi connectivity index (χ1v) is 10.8. The number of fused-ring (bicyclic) bond motifs is 1. The number of benzene rings is 1. The number of methoxy groups -OCH3 is 1. The summed E-state index contributed by atoms with van der Waals surface area (Å²) in [4.78, 5) is 11.7. The van der Waals surface area contributed by atoms with Crippen LogP contribution in [-0.4, -0.2) is 28.2 Å². The fraction of sp³-hybridized carbons (Fsp3) is 0.632. The molecule has 0 bridgehead atoms. The molecule has 4 heteroatoms. The van der Waals surface area contributed by atoms with E-state index in [0.717, 1.165) is 19.3 Å². The Bertz CT molecular complexity index is 560. The van der Waals surface area contributed by atoms with Crippen LogP contribution in [0.4, 0.5) is 0 Å². The minimum absolute atomic E-state index is 0.149. The molecule has 0 saturated carbocycles. The number of hydrogen-bond acceptors (Lipinski definition) is 3. The van der Waals surface area contributed by atoms with Crippen LogP contribution in [0.3, 0.4) is 0 Å². The van der Waals surface area contributed by atoms with E-state index in [4.69, 9.17) is 9.16 Å². The lowest BCUT2D eigenvalue weighted by Gasteiger charge is -2.40. The van der Waals surface area contributed by atoms with Crippen LogP contribution < -0.4 is 0 Å². The molecule has 1 aliphatic carbocycles. The fourth-order valence-corrected chi connectivity index (χ4v) is 4.57. The van der Waals surface area contributed by atoms with Crippen molar-refractivity contribution < 1.29 is 14.0 Å². The van der Waals surface area contributed by atoms with Gasteiger partial charge >= 0.3 is 5.97 Å². The van der Waals surface area contributed by atoms with Gasteiger partial charge in [-0.25, -0.2) is 4.79 Å². The maximum atomic E-state index is 11.7. The minimum Gasteiger partial charge on any atom is -0.465 e. The Kier molecular flexibility index (Phi) is 5.68. The lowest BCUT2D eigenvalue weighted by molar-refractivity contribution is 0.0271. The Balaban J connectivity index is 2.20. The average Bonchev–Trinajstić information content (AvgIpc) is 2.49. The number of esters is 1. The van der Waals surface area contributed by atoms with Gasteiger partial charge in [-0.15, -0.1) is 0 Å². The molecule has 1 aromatic rings. The third kappa shape index (κ3) is 4.45. The van der Waals surface area contributed by atoms with Crippen LogP contribution in [0.2, 0.25) is 13.1 Å². The number of ether oxygens (including phenoxy) is 1. The van der Waals surface area contributed by atoms with Crippen LogP contribution >= 0.6 is 0 Å². The van der Waals surface area contributed by atoms with E-state index in [1.807, 2.05) is 12.1 Å². The summed E-state index contributed by atoms with van der Waals surface area (Å²) < 4.78 is 11.2. The second-order valence-electron chi connectivity index (χ2n) is 7.79. The zero-order valence-corrected chi connectivity index (χ0v) is 16.2. The van der Waals surface area contributed by atoms with Crippen molar-refractivity contribution in [3.05, 3.63) is 34.9 Å². The third-order valence-corrected chi connectivity index (χ3v) is 5.26. The van der Waals surface area contributed by atoms with Crippen molar-refractivity contribution in [1.82, 2.24) is 0 Å². The first-order valence-electron chi connectivity index (χ1n) is 8.39. The van der Waals surface area contributed by atoms with E-state index in [2.05, 4.69) is 39.9 Å². The maximum absolute atomic E-state index is 11.7. The van der Waals surface area contributed by atoms with Gasteiger partial charge in [0.15, 0.2) is 0 Å². The number of carbonyl (C=O) groups is 1. The van der Waals surface area contributed by atoms with E-state index in [0.29, 0.717) is 17.6 Å². The molecular weight excluding hydrogens is 304 g/mol. The van der Waals surface area contributed by atoms with Crippen molar-refractivity contribution in [2.75, 3.05) is 7.11 Å². The van der Waals surface area contributed by atoms with E-state index in [1.54, 1.807) is 0 Å². The summed E-state index contributed by atoms with van der Waals surface area (Å²) >= 11 is 0. The van der Waals surface area contributed by atoms with Crippen molar-refractivity contribution in [2.24, 2.45) is 11.3 Å². The SMILES string of the molecule is COC(=O)c1ccc2c(c1)CCC(C(O[Si](C)C)C(C)(C)C)C2. The fourth-order valence-electron chi connectivity index (χ4n) is 3.52. The van der Waals surface area contributed by atoms with E-state index >= 15 is 0 Å². The number of aryl methyl sites for hydroxylation is 1. The van der Waals surface area contributed by atoms with Crippen LogP contribution in [0.25, 0.3) is 0 Å². The van der Waals surface area contributed by atoms with Crippen molar-refractivity contribution in [3.8, 4) is 0 Å². The average molecular weight is 334 g/mol. The van der Waals surface area contributed by atoms with Gasteiger partial charge in [0, 0.05) is 0 Å². The molecule has 0 spiro atoms. The Hall–Kier alpha value is -1.13. The smallest absolute Gasteiger partial charge is 0.337 e. The minimum atomic E-state index is -0.723. The molecule has 0 aliphatic heterocycles. The first kappa shape index (κ1) is 18.2. The van der Waals surface area contributed by atoms with E-state index in [1.165, 1.54) is 18.2 Å². The molecule has 0 fully saturated rings. The summed E-state index contributed by atoms with van der Waals surface area (Å²) in [7, 11) is 0.705. The van der Waals surface area contributed by atoms with Gasteiger partial charge in [0.1, 0.15) is 0 Å². The Morgan fingerprint density at radius 1 is 1.26 bits per heavy atom. The monoisotopic (exact) mass is 333 g/mol. The van der Waals surface area contributed by atoms with E-state index < -0.39 is 9.04 Å². The van der Waals surface area contributed by atoms with Crippen molar-refractivity contribution in [2.45, 2.75) is 59.2 Å². The topological polar surface area (TPSA) is 35.5 Å². The van der Waals surface area contributed by atoms with Gasteiger partial charge in [0.2, 0.25) is 9.04 Å². The molecule has 0 N–H and O–H groups in total. The molecule has 3 nitrogen and oxygen atoms in total. The van der Waals surface area contributed by atoms with Crippen molar-refractivity contribution in [3.63, 3.8) is 0 Å². The van der Waals surface area contributed by atoms with Crippen LogP contribution in [0.15, 0.2) is 18.2 Å². The number of hydrogen-bond donors (Lipinski definition) is 0. The van der Waals surface area contributed by atoms with E-state index in [-0.39, 0.29) is 11.4 Å². The summed E-state index contributed by atoms with van der Waals surface area (Å²) in [6, 6.07) is 5.98. The molecule has 1 aromatic carbocycles. The largest absolute Gasteiger partial charge is 0.465 e. The van der Waals surface area contributed by atoms with Crippen LogP contribution in [-0.2, 0) is 22.0 Å². The van der Waals surface area contributed by atoms with Crippen LogP contribution in [0.1, 0.15) is 48.7 Å². The zero-order chi connectivity index (χ0) is 17.2. The Labute approximate surface area is 142 Å². The highest BCUT2D eigenvalue weighted by atomic mass is 28.3.